The Hall–Kier alpha value is -1.32. The van der Waals surface area contributed by atoms with E-state index in [1.807, 2.05) is 0 Å². The Morgan fingerprint density at radius 3 is 2.18 bits per heavy atom. The molecule has 2 amide bonds. The molecule has 0 bridgehead atoms. The Morgan fingerprint density at radius 2 is 1.91 bits per heavy atom. The molecule has 0 rings (SSSR count). The molecule has 0 aromatic heterocycles. The number of rotatable bonds is 2. The van der Waals surface area contributed by atoms with E-state index < -0.39 is 0 Å². The summed E-state index contributed by atoms with van der Waals surface area (Å²) in [7, 11) is 1.51. The van der Waals surface area contributed by atoms with E-state index in [-0.39, 0.29) is 17.5 Å². The van der Waals surface area contributed by atoms with Crippen LogP contribution in [0.3, 0.4) is 0 Å². The van der Waals surface area contributed by atoms with Crippen LogP contribution in [0, 0.1) is 0 Å². The monoisotopic (exact) mass is 156 g/mol. The van der Waals surface area contributed by atoms with E-state index in [9.17, 15) is 9.59 Å². The SMILES string of the molecule is C/C=C(/NC(C)=O)C(=O)NC. The molecule has 4 heteroatoms. The van der Waals surface area contributed by atoms with Gasteiger partial charge in [0.1, 0.15) is 5.70 Å². The van der Waals surface area contributed by atoms with Gasteiger partial charge in [-0.25, -0.2) is 0 Å². The number of nitrogens with one attached hydrogen (secondary N) is 2. The van der Waals surface area contributed by atoms with Crippen LogP contribution in [0.1, 0.15) is 13.8 Å². The van der Waals surface area contributed by atoms with Crippen molar-refractivity contribution in [2.75, 3.05) is 7.05 Å². The average molecular weight is 156 g/mol. The van der Waals surface area contributed by atoms with Crippen LogP contribution >= 0.6 is 0 Å². The normalized spacial score (nSPS) is 10.6. The minimum atomic E-state index is -0.289. The highest BCUT2D eigenvalue weighted by molar-refractivity contribution is 5.96. The van der Waals surface area contributed by atoms with Crippen molar-refractivity contribution in [3.63, 3.8) is 0 Å². The summed E-state index contributed by atoms with van der Waals surface area (Å²) in [6.07, 6.45) is 1.54. The fraction of sp³-hybridized carbons (Fsp3) is 0.429. The van der Waals surface area contributed by atoms with Crippen molar-refractivity contribution in [1.82, 2.24) is 10.6 Å². The molecule has 0 aliphatic rings. The minimum Gasteiger partial charge on any atom is -0.354 e. The van der Waals surface area contributed by atoms with Crippen molar-refractivity contribution in [2.24, 2.45) is 0 Å². The van der Waals surface area contributed by atoms with Gasteiger partial charge in [-0.2, -0.15) is 0 Å². The minimum absolute atomic E-state index is 0.248. The number of amides is 2. The molecule has 0 aromatic rings. The van der Waals surface area contributed by atoms with Gasteiger partial charge in [-0.05, 0) is 6.92 Å². The van der Waals surface area contributed by atoms with E-state index in [0.29, 0.717) is 0 Å². The lowest BCUT2D eigenvalue weighted by Gasteiger charge is -2.04. The van der Waals surface area contributed by atoms with Crippen molar-refractivity contribution < 1.29 is 9.59 Å². The van der Waals surface area contributed by atoms with Crippen LogP contribution < -0.4 is 10.6 Å². The standard InChI is InChI=1S/C7H12N2O2/c1-4-6(7(11)8-3)9-5(2)10/h4H,1-3H3,(H,8,11)(H,9,10)/b6-4+. The molecule has 0 aromatic carbocycles. The Labute approximate surface area is 65.7 Å². The van der Waals surface area contributed by atoms with E-state index in [0.717, 1.165) is 0 Å². The van der Waals surface area contributed by atoms with Crippen LogP contribution in [0.25, 0.3) is 0 Å². The first kappa shape index (κ1) is 9.68. The predicted molar refractivity (Wildman–Crippen MR) is 41.6 cm³/mol. The van der Waals surface area contributed by atoms with Crippen LogP contribution in [0.5, 0.6) is 0 Å². The smallest absolute Gasteiger partial charge is 0.267 e. The fourth-order valence-electron chi connectivity index (χ4n) is 0.584. The van der Waals surface area contributed by atoms with E-state index in [1.54, 1.807) is 13.0 Å². The van der Waals surface area contributed by atoms with Gasteiger partial charge in [-0.15, -0.1) is 0 Å². The van der Waals surface area contributed by atoms with Gasteiger partial charge in [-0.3, -0.25) is 9.59 Å². The molecular weight excluding hydrogens is 144 g/mol. The van der Waals surface area contributed by atoms with Crippen LogP contribution in [0.15, 0.2) is 11.8 Å². The highest BCUT2D eigenvalue weighted by Crippen LogP contribution is 1.87. The summed E-state index contributed by atoms with van der Waals surface area (Å²) < 4.78 is 0. The second-order valence-corrected chi connectivity index (χ2v) is 1.96. The van der Waals surface area contributed by atoms with Gasteiger partial charge in [0.25, 0.3) is 5.91 Å². The molecule has 0 radical (unpaired) electrons. The zero-order chi connectivity index (χ0) is 8.85. The van der Waals surface area contributed by atoms with Crippen LogP contribution in [0.4, 0.5) is 0 Å². The Balaban J connectivity index is 4.20. The summed E-state index contributed by atoms with van der Waals surface area (Å²) in [5.41, 5.74) is 0.278. The van der Waals surface area contributed by atoms with Gasteiger partial charge >= 0.3 is 0 Å². The van der Waals surface area contributed by atoms with Crippen molar-refractivity contribution in [3.05, 3.63) is 11.8 Å². The lowest BCUT2D eigenvalue weighted by Crippen LogP contribution is -2.31. The summed E-state index contributed by atoms with van der Waals surface area (Å²) in [5.74, 6) is -0.538. The number of carbonyl (C=O) groups is 2. The molecule has 4 nitrogen and oxygen atoms in total. The maximum atomic E-state index is 10.9. The van der Waals surface area contributed by atoms with Crippen molar-refractivity contribution in [2.45, 2.75) is 13.8 Å². The maximum absolute atomic E-state index is 10.9. The topological polar surface area (TPSA) is 58.2 Å². The lowest BCUT2D eigenvalue weighted by atomic mass is 10.4. The highest BCUT2D eigenvalue weighted by Gasteiger charge is 2.05. The Morgan fingerprint density at radius 1 is 1.36 bits per heavy atom. The molecule has 0 aliphatic heterocycles. The lowest BCUT2D eigenvalue weighted by molar-refractivity contribution is -0.122. The summed E-state index contributed by atoms with van der Waals surface area (Å²) in [6, 6.07) is 0. The Kier molecular flexibility index (Phi) is 3.95. The molecule has 0 saturated heterocycles. The van der Waals surface area contributed by atoms with E-state index in [4.69, 9.17) is 0 Å². The Bertz CT molecular complexity index is 197. The zero-order valence-electron chi connectivity index (χ0n) is 6.89. The third-order valence-corrected chi connectivity index (χ3v) is 1.07. The van der Waals surface area contributed by atoms with Gasteiger partial charge in [0.15, 0.2) is 0 Å². The van der Waals surface area contributed by atoms with Gasteiger partial charge in [0.05, 0.1) is 0 Å². The largest absolute Gasteiger partial charge is 0.354 e. The molecule has 11 heavy (non-hydrogen) atoms. The van der Waals surface area contributed by atoms with E-state index in [1.165, 1.54) is 14.0 Å². The molecule has 0 unspecified atom stereocenters. The van der Waals surface area contributed by atoms with Crippen molar-refractivity contribution >= 4 is 11.8 Å². The number of hydrogen-bond acceptors (Lipinski definition) is 2. The van der Waals surface area contributed by atoms with Gasteiger partial charge < -0.3 is 10.6 Å². The summed E-state index contributed by atoms with van der Waals surface area (Å²) in [5, 5.41) is 4.79. The highest BCUT2D eigenvalue weighted by atomic mass is 16.2. The number of likely N-dealkylation sites (N-methyl/N-ethyl adjacent to an activating group) is 1. The number of allylic oxidation sites excluding steroid dienone is 1. The first-order valence-corrected chi connectivity index (χ1v) is 3.27. The summed E-state index contributed by atoms with van der Waals surface area (Å²) in [6.45, 7) is 3.03. The molecule has 0 heterocycles. The van der Waals surface area contributed by atoms with Crippen LogP contribution in [-0.2, 0) is 9.59 Å². The molecule has 2 N–H and O–H groups in total. The third kappa shape index (κ3) is 3.40. The zero-order valence-corrected chi connectivity index (χ0v) is 6.89. The summed E-state index contributed by atoms with van der Waals surface area (Å²) >= 11 is 0. The molecule has 0 aliphatic carbocycles. The van der Waals surface area contributed by atoms with Gasteiger partial charge in [-0.1, -0.05) is 6.08 Å². The third-order valence-electron chi connectivity index (χ3n) is 1.07. The quantitative estimate of drug-likeness (QED) is 0.543. The first-order chi connectivity index (χ1) is 5.11. The van der Waals surface area contributed by atoms with E-state index in [2.05, 4.69) is 10.6 Å². The molecule has 0 atom stereocenters. The van der Waals surface area contributed by atoms with Crippen molar-refractivity contribution in [3.8, 4) is 0 Å². The molecule has 0 fully saturated rings. The molecular formula is C7H12N2O2. The first-order valence-electron chi connectivity index (χ1n) is 3.27. The van der Waals surface area contributed by atoms with Crippen LogP contribution in [0.2, 0.25) is 0 Å². The molecule has 62 valence electrons. The van der Waals surface area contributed by atoms with Gasteiger partial charge in [0.2, 0.25) is 5.91 Å². The van der Waals surface area contributed by atoms with E-state index >= 15 is 0 Å². The second-order valence-electron chi connectivity index (χ2n) is 1.96. The van der Waals surface area contributed by atoms with Gasteiger partial charge in [0, 0.05) is 14.0 Å². The number of hydrogen-bond donors (Lipinski definition) is 2. The molecule has 0 saturated carbocycles. The van der Waals surface area contributed by atoms with Crippen LogP contribution in [-0.4, -0.2) is 18.9 Å². The maximum Gasteiger partial charge on any atom is 0.267 e. The molecule has 0 spiro atoms. The summed E-state index contributed by atoms with van der Waals surface area (Å²) in [4.78, 5) is 21.4. The predicted octanol–water partition coefficient (Wildman–Crippen LogP) is -0.228. The average Bonchev–Trinajstić information content (AvgIpc) is 1.98. The van der Waals surface area contributed by atoms with Crippen molar-refractivity contribution in [1.29, 1.82) is 0 Å². The fourth-order valence-corrected chi connectivity index (χ4v) is 0.584. The number of carbonyl (C=O) groups excluding carboxylic acids is 2. The second kappa shape index (κ2) is 4.49.